The predicted octanol–water partition coefficient (Wildman–Crippen LogP) is 3.41. The number of carbonyl (C=O) groups is 2. The maximum atomic E-state index is 12.8. The number of hydrogen-bond acceptors (Lipinski definition) is 4. The third-order valence-corrected chi connectivity index (χ3v) is 3.17. The Morgan fingerprint density at radius 1 is 1.12 bits per heavy atom. The highest BCUT2D eigenvalue weighted by atomic mass is 19.1. The Bertz CT molecular complexity index is 715. The van der Waals surface area contributed by atoms with Crippen LogP contribution in [-0.2, 0) is 9.53 Å². The molecule has 5 nitrogen and oxygen atoms in total. The van der Waals surface area contributed by atoms with Crippen LogP contribution in [0.3, 0.4) is 0 Å². The largest absolute Gasteiger partial charge is 0.493 e. The third kappa shape index (κ3) is 4.55. The van der Waals surface area contributed by atoms with Gasteiger partial charge in [-0.25, -0.2) is 9.18 Å². The van der Waals surface area contributed by atoms with E-state index in [1.165, 1.54) is 31.2 Å². The molecule has 1 amide bonds. The highest BCUT2D eigenvalue weighted by Crippen LogP contribution is 2.19. The number of rotatable bonds is 6. The van der Waals surface area contributed by atoms with Gasteiger partial charge in [0, 0.05) is 5.69 Å². The number of benzene rings is 2. The maximum Gasteiger partial charge on any atom is 0.342 e. The van der Waals surface area contributed by atoms with Crippen molar-refractivity contribution in [1.29, 1.82) is 0 Å². The lowest BCUT2D eigenvalue weighted by Gasteiger charge is -2.15. The minimum absolute atomic E-state index is 0.251. The number of halogens is 1. The van der Waals surface area contributed by atoms with Gasteiger partial charge in [0.05, 0.1) is 6.61 Å². The predicted molar refractivity (Wildman–Crippen MR) is 87.5 cm³/mol. The molecule has 2 aromatic rings. The number of amides is 1. The smallest absolute Gasteiger partial charge is 0.342 e. The first-order chi connectivity index (χ1) is 11.5. The number of para-hydroxylation sites is 1. The van der Waals surface area contributed by atoms with Crippen molar-refractivity contribution < 1.29 is 23.5 Å². The molecule has 0 unspecified atom stereocenters. The second kappa shape index (κ2) is 8.10. The van der Waals surface area contributed by atoms with Gasteiger partial charge < -0.3 is 14.8 Å². The minimum Gasteiger partial charge on any atom is -0.493 e. The van der Waals surface area contributed by atoms with E-state index in [4.69, 9.17) is 9.47 Å². The van der Waals surface area contributed by atoms with Crippen LogP contribution in [0.25, 0.3) is 0 Å². The quantitative estimate of drug-likeness (QED) is 0.824. The Morgan fingerprint density at radius 2 is 1.79 bits per heavy atom. The molecule has 0 spiro atoms. The lowest BCUT2D eigenvalue weighted by Crippen LogP contribution is -2.30. The maximum absolute atomic E-state index is 12.8. The van der Waals surface area contributed by atoms with E-state index in [1.807, 2.05) is 0 Å². The molecule has 0 fully saturated rings. The molecule has 1 N–H and O–H groups in total. The third-order valence-electron chi connectivity index (χ3n) is 3.17. The minimum atomic E-state index is -1.02. The highest BCUT2D eigenvalue weighted by molar-refractivity contribution is 5.98. The van der Waals surface area contributed by atoms with E-state index in [0.717, 1.165) is 0 Å². The van der Waals surface area contributed by atoms with Crippen LogP contribution in [0.2, 0.25) is 0 Å². The number of hydrogen-bond donors (Lipinski definition) is 1. The van der Waals surface area contributed by atoms with E-state index in [1.54, 1.807) is 31.2 Å². The van der Waals surface area contributed by atoms with E-state index < -0.39 is 23.8 Å². The van der Waals surface area contributed by atoms with Gasteiger partial charge in [0.15, 0.2) is 6.10 Å². The molecule has 1 atom stereocenters. The fourth-order valence-electron chi connectivity index (χ4n) is 1.97. The Balaban J connectivity index is 2.00. The molecule has 0 aliphatic rings. The molecule has 6 heteroatoms. The van der Waals surface area contributed by atoms with Gasteiger partial charge in [0.25, 0.3) is 5.91 Å². The van der Waals surface area contributed by atoms with Crippen molar-refractivity contribution in [2.75, 3.05) is 11.9 Å². The first-order valence-corrected chi connectivity index (χ1v) is 7.50. The van der Waals surface area contributed by atoms with Gasteiger partial charge in [-0.1, -0.05) is 12.1 Å². The summed E-state index contributed by atoms with van der Waals surface area (Å²) in [6.07, 6.45) is -1.02. The van der Waals surface area contributed by atoms with Crippen LogP contribution in [0.4, 0.5) is 10.1 Å². The van der Waals surface area contributed by atoms with Crippen LogP contribution in [0.15, 0.2) is 48.5 Å². The molecule has 0 aliphatic carbocycles. The average molecular weight is 331 g/mol. The van der Waals surface area contributed by atoms with Crippen LogP contribution in [0.5, 0.6) is 5.75 Å². The molecule has 0 aromatic heterocycles. The zero-order chi connectivity index (χ0) is 17.5. The zero-order valence-electron chi connectivity index (χ0n) is 13.4. The van der Waals surface area contributed by atoms with Gasteiger partial charge in [0.2, 0.25) is 0 Å². The summed E-state index contributed by atoms with van der Waals surface area (Å²) in [6.45, 7) is 3.67. The normalized spacial score (nSPS) is 11.5. The fourth-order valence-corrected chi connectivity index (χ4v) is 1.97. The van der Waals surface area contributed by atoms with Crippen LogP contribution < -0.4 is 10.1 Å². The summed E-state index contributed by atoms with van der Waals surface area (Å²) in [5.41, 5.74) is 0.666. The fraction of sp³-hybridized carbons (Fsp3) is 0.222. The summed E-state index contributed by atoms with van der Waals surface area (Å²) < 4.78 is 23.4. The number of ether oxygens (including phenoxy) is 2. The molecule has 24 heavy (non-hydrogen) atoms. The van der Waals surface area contributed by atoms with Gasteiger partial charge in [-0.2, -0.15) is 0 Å². The Labute approximate surface area is 139 Å². The summed E-state index contributed by atoms with van der Waals surface area (Å²) in [7, 11) is 0. The monoisotopic (exact) mass is 331 g/mol. The van der Waals surface area contributed by atoms with Gasteiger partial charge in [-0.05, 0) is 50.2 Å². The number of carbonyl (C=O) groups excluding carboxylic acids is 2. The summed E-state index contributed by atoms with van der Waals surface area (Å²) in [6, 6.07) is 11.9. The molecule has 2 aromatic carbocycles. The van der Waals surface area contributed by atoms with Crippen molar-refractivity contribution in [3.8, 4) is 5.75 Å². The second-order valence-corrected chi connectivity index (χ2v) is 4.97. The van der Waals surface area contributed by atoms with Crippen molar-refractivity contribution >= 4 is 17.6 Å². The Hall–Kier alpha value is -2.89. The van der Waals surface area contributed by atoms with Gasteiger partial charge in [-0.15, -0.1) is 0 Å². The molecule has 126 valence electrons. The van der Waals surface area contributed by atoms with Crippen molar-refractivity contribution in [3.63, 3.8) is 0 Å². The first kappa shape index (κ1) is 17.5. The van der Waals surface area contributed by atoms with Crippen LogP contribution in [0, 0.1) is 5.82 Å². The number of nitrogens with one attached hydrogen (secondary N) is 1. The Morgan fingerprint density at radius 3 is 2.46 bits per heavy atom. The van der Waals surface area contributed by atoms with Gasteiger partial charge in [0.1, 0.15) is 17.1 Å². The first-order valence-electron chi connectivity index (χ1n) is 7.50. The molecular formula is C18H18FNO4. The average Bonchev–Trinajstić information content (AvgIpc) is 2.57. The molecular weight excluding hydrogens is 313 g/mol. The molecule has 0 aliphatic heterocycles. The van der Waals surface area contributed by atoms with Gasteiger partial charge >= 0.3 is 5.97 Å². The number of esters is 1. The van der Waals surface area contributed by atoms with Crippen molar-refractivity contribution in [1.82, 2.24) is 0 Å². The van der Waals surface area contributed by atoms with E-state index in [0.29, 0.717) is 18.0 Å². The second-order valence-electron chi connectivity index (χ2n) is 4.97. The summed E-state index contributed by atoms with van der Waals surface area (Å²) in [4.78, 5) is 24.3. The summed E-state index contributed by atoms with van der Waals surface area (Å²) in [5, 5.41) is 2.55. The topological polar surface area (TPSA) is 64.6 Å². The molecule has 0 bridgehead atoms. The molecule has 2 rings (SSSR count). The zero-order valence-corrected chi connectivity index (χ0v) is 13.4. The van der Waals surface area contributed by atoms with Crippen LogP contribution in [0.1, 0.15) is 24.2 Å². The summed E-state index contributed by atoms with van der Waals surface area (Å²) >= 11 is 0. The van der Waals surface area contributed by atoms with Gasteiger partial charge in [-0.3, -0.25) is 4.79 Å². The van der Waals surface area contributed by atoms with Crippen molar-refractivity contribution in [2.45, 2.75) is 20.0 Å². The standard InChI is InChI=1S/C18H18FNO4/c1-3-23-16-7-5-4-6-15(16)18(22)24-12(2)17(21)20-14-10-8-13(19)9-11-14/h4-12H,3H2,1-2H3,(H,20,21)/t12-/m1/s1. The van der Waals surface area contributed by atoms with E-state index in [9.17, 15) is 14.0 Å². The SMILES string of the molecule is CCOc1ccccc1C(=O)O[C@H](C)C(=O)Nc1ccc(F)cc1. The van der Waals surface area contributed by atoms with E-state index >= 15 is 0 Å². The van der Waals surface area contributed by atoms with Crippen molar-refractivity contribution in [3.05, 3.63) is 59.9 Å². The van der Waals surface area contributed by atoms with E-state index in [2.05, 4.69) is 5.32 Å². The Kier molecular flexibility index (Phi) is 5.89. The lowest BCUT2D eigenvalue weighted by atomic mass is 10.2. The number of anilines is 1. The van der Waals surface area contributed by atoms with Crippen LogP contribution >= 0.6 is 0 Å². The molecule has 0 heterocycles. The van der Waals surface area contributed by atoms with Crippen LogP contribution in [-0.4, -0.2) is 24.6 Å². The molecule has 0 saturated heterocycles. The molecule has 0 radical (unpaired) electrons. The highest BCUT2D eigenvalue weighted by Gasteiger charge is 2.21. The molecule has 0 saturated carbocycles. The summed E-state index contributed by atoms with van der Waals surface area (Å²) in [5.74, 6) is -1.17. The van der Waals surface area contributed by atoms with E-state index in [-0.39, 0.29) is 5.56 Å². The lowest BCUT2D eigenvalue weighted by molar-refractivity contribution is -0.123. The van der Waals surface area contributed by atoms with Crippen molar-refractivity contribution in [2.24, 2.45) is 0 Å².